The van der Waals surface area contributed by atoms with E-state index in [1.54, 1.807) is 0 Å². The van der Waals surface area contributed by atoms with Gasteiger partial charge in [0.15, 0.2) is 0 Å². The van der Waals surface area contributed by atoms with Crippen LogP contribution in [0.15, 0.2) is 78.9 Å². The van der Waals surface area contributed by atoms with Crippen LogP contribution in [-0.2, 0) is 0 Å². The van der Waals surface area contributed by atoms with Crippen molar-refractivity contribution in [1.82, 2.24) is 4.40 Å². The highest BCUT2D eigenvalue weighted by molar-refractivity contribution is 6.31. The first kappa shape index (κ1) is 30.5. The maximum atomic E-state index is 10.0. The molecule has 7 aromatic rings. The fraction of sp³-hybridized carbons (Fsp3) is 0.273. The minimum Gasteiger partial charge on any atom is -0.308 e. The molecule has 47 heavy (non-hydrogen) atoms. The van der Waals surface area contributed by atoms with E-state index < -0.39 is 0 Å². The predicted molar refractivity (Wildman–Crippen MR) is 198 cm³/mol. The van der Waals surface area contributed by atoms with Crippen LogP contribution in [0, 0.1) is 22.7 Å². The van der Waals surface area contributed by atoms with E-state index in [-0.39, 0.29) is 0 Å². The van der Waals surface area contributed by atoms with Crippen LogP contribution < -0.4 is 0 Å². The predicted octanol–water partition coefficient (Wildman–Crippen LogP) is 12.4. The summed E-state index contributed by atoms with van der Waals surface area (Å²) in [6.45, 7) is 18.3. The highest BCUT2D eigenvalue weighted by Crippen LogP contribution is 2.52. The van der Waals surface area contributed by atoms with Gasteiger partial charge >= 0.3 is 0 Å². The van der Waals surface area contributed by atoms with E-state index in [4.69, 9.17) is 0 Å². The molecule has 232 valence electrons. The molecule has 0 unspecified atom stereocenters. The Balaban J connectivity index is 1.85. The summed E-state index contributed by atoms with van der Waals surface area (Å²) in [5.74, 6) is 1.32. The van der Waals surface area contributed by atoms with Crippen molar-refractivity contribution in [1.29, 1.82) is 10.5 Å². The lowest BCUT2D eigenvalue weighted by atomic mass is 9.79. The Morgan fingerprint density at radius 1 is 0.489 bits per heavy atom. The van der Waals surface area contributed by atoms with Crippen LogP contribution >= 0.6 is 0 Å². The molecule has 0 amide bonds. The third kappa shape index (κ3) is 4.52. The number of hydrogen-bond donors (Lipinski definition) is 0. The zero-order chi connectivity index (χ0) is 33.3. The van der Waals surface area contributed by atoms with E-state index in [0.717, 1.165) is 27.3 Å². The van der Waals surface area contributed by atoms with Gasteiger partial charge in [-0.2, -0.15) is 10.5 Å². The van der Waals surface area contributed by atoms with Gasteiger partial charge in [0.25, 0.3) is 0 Å². The molecule has 0 N–H and O–H groups in total. The second-order valence-electron chi connectivity index (χ2n) is 14.3. The quantitative estimate of drug-likeness (QED) is 0.188. The van der Waals surface area contributed by atoms with E-state index >= 15 is 0 Å². The van der Waals surface area contributed by atoms with Gasteiger partial charge in [-0.3, -0.25) is 0 Å². The topological polar surface area (TPSA) is 52.0 Å². The van der Waals surface area contributed by atoms with E-state index in [2.05, 4.69) is 127 Å². The van der Waals surface area contributed by atoms with E-state index in [9.17, 15) is 10.5 Å². The first-order valence-electron chi connectivity index (χ1n) is 16.9. The van der Waals surface area contributed by atoms with Gasteiger partial charge in [-0.1, -0.05) is 104 Å². The molecular weight excluding hydrogens is 571 g/mol. The second-order valence-corrected chi connectivity index (χ2v) is 14.3. The molecule has 0 saturated carbocycles. The number of aromatic nitrogens is 1. The molecule has 0 atom stereocenters. The summed E-state index contributed by atoms with van der Waals surface area (Å²) < 4.78 is 2.34. The number of nitrogens with zero attached hydrogens (tertiary/aromatic N) is 3. The van der Waals surface area contributed by atoms with Gasteiger partial charge < -0.3 is 4.40 Å². The lowest BCUT2D eigenvalue weighted by molar-refractivity contribution is 0.837. The van der Waals surface area contributed by atoms with Crippen molar-refractivity contribution in [2.75, 3.05) is 0 Å². The third-order valence-corrected chi connectivity index (χ3v) is 10.1. The normalized spacial score (nSPS) is 12.1. The Labute approximate surface area is 278 Å². The van der Waals surface area contributed by atoms with E-state index in [1.165, 1.54) is 55.3 Å². The van der Waals surface area contributed by atoms with Crippen LogP contribution in [-0.4, -0.2) is 4.40 Å². The van der Waals surface area contributed by atoms with E-state index in [1.807, 2.05) is 24.3 Å². The average molecular weight is 612 g/mol. The maximum absolute atomic E-state index is 10.0. The highest BCUT2D eigenvalue weighted by Gasteiger charge is 2.29. The summed E-state index contributed by atoms with van der Waals surface area (Å²) in [5.41, 5.74) is 14.9. The van der Waals surface area contributed by atoms with Crippen LogP contribution in [0.4, 0.5) is 0 Å². The smallest absolute Gasteiger partial charge is 0.0992 e. The molecule has 0 saturated heterocycles. The molecular formula is C44H41N3. The van der Waals surface area contributed by atoms with Crippen molar-refractivity contribution in [3.05, 3.63) is 112 Å². The van der Waals surface area contributed by atoms with Crippen LogP contribution in [0.5, 0.6) is 0 Å². The number of benzene rings is 5. The molecule has 3 heteroatoms. The van der Waals surface area contributed by atoms with Crippen molar-refractivity contribution in [2.45, 2.75) is 79.1 Å². The van der Waals surface area contributed by atoms with Crippen molar-refractivity contribution in [2.24, 2.45) is 0 Å². The SMILES string of the molecule is CC(C)c1cccc(C(C)C)c1-c1cc(-c2c(C(C)C)cccc2C(C)C)c2c3ccc(C#N)cc3n3c4cc(C#N)ccc4c1c23. The zero-order valence-electron chi connectivity index (χ0n) is 28.7. The first-order valence-corrected chi connectivity index (χ1v) is 16.9. The molecule has 2 heterocycles. The Hall–Kier alpha value is -5.12. The van der Waals surface area contributed by atoms with Crippen molar-refractivity contribution < 1.29 is 0 Å². The maximum Gasteiger partial charge on any atom is 0.0992 e. The molecule has 7 rings (SSSR count). The number of hydrogen-bond acceptors (Lipinski definition) is 2. The van der Waals surface area contributed by atoms with Crippen molar-refractivity contribution in [3.63, 3.8) is 0 Å². The number of fused-ring (bicyclic) bond motifs is 6. The summed E-state index contributed by atoms with van der Waals surface area (Å²) in [4.78, 5) is 0. The Morgan fingerprint density at radius 3 is 1.17 bits per heavy atom. The van der Waals surface area contributed by atoms with Gasteiger partial charge in [-0.25, -0.2) is 0 Å². The first-order chi connectivity index (χ1) is 22.6. The Bertz CT molecular complexity index is 2220. The molecule has 0 spiro atoms. The average Bonchev–Trinajstić information content (AvgIpc) is 3.58. The summed E-state index contributed by atoms with van der Waals surface area (Å²) in [5, 5.41) is 24.7. The van der Waals surface area contributed by atoms with Gasteiger partial charge in [0, 0.05) is 21.5 Å². The Morgan fingerprint density at radius 2 is 0.851 bits per heavy atom. The lowest BCUT2D eigenvalue weighted by Gasteiger charge is -2.24. The van der Waals surface area contributed by atoms with Crippen LogP contribution in [0.25, 0.3) is 60.3 Å². The minimum atomic E-state index is 0.329. The van der Waals surface area contributed by atoms with Gasteiger partial charge in [-0.15, -0.1) is 0 Å². The molecule has 5 aromatic carbocycles. The fourth-order valence-corrected chi connectivity index (χ4v) is 7.92. The monoisotopic (exact) mass is 611 g/mol. The summed E-state index contributed by atoms with van der Waals surface area (Å²) in [6, 6.07) is 33.1. The van der Waals surface area contributed by atoms with Gasteiger partial charge in [0.2, 0.25) is 0 Å². The van der Waals surface area contributed by atoms with Crippen LogP contribution in [0.3, 0.4) is 0 Å². The molecule has 0 aliphatic heterocycles. The third-order valence-electron chi connectivity index (χ3n) is 10.1. The summed E-state index contributed by atoms with van der Waals surface area (Å²) in [6.07, 6.45) is 0. The summed E-state index contributed by atoms with van der Waals surface area (Å²) in [7, 11) is 0. The molecule has 0 bridgehead atoms. The van der Waals surface area contributed by atoms with Gasteiger partial charge in [-0.05, 0) is 98.5 Å². The number of rotatable bonds is 6. The standard InChI is InChI=1S/C44H41N3/c1-24(2)30-11-9-12-31(25(3)4)40(30)36-21-37(41-32(26(5)6)13-10-14-33(41)27(7)8)43-35-18-16-29(23-46)20-39(35)47-38-19-28(22-45)15-17-34(38)42(36)44(43)47/h9-21,24-27H,1-8H3. The highest BCUT2D eigenvalue weighted by atomic mass is 14.9. The molecule has 0 fully saturated rings. The molecule has 0 radical (unpaired) electrons. The summed E-state index contributed by atoms with van der Waals surface area (Å²) >= 11 is 0. The Kier molecular flexibility index (Phi) is 7.33. The zero-order valence-corrected chi connectivity index (χ0v) is 28.7. The molecule has 2 aromatic heterocycles. The fourth-order valence-electron chi connectivity index (χ4n) is 7.92. The van der Waals surface area contributed by atoms with Gasteiger partial charge in [0.05, 0.1) is 39.8 Å². The number of nitriles is 2. The van der Waals surface area contributed by atoms with Crippen molar-refractivity contribution >= 4 is 38.1 Å². The van der Waals surface area contributed by atoms with Crippen LogP contribution in [0.2, 0.25) is 0 Å². The molecule has 3 nitrogen and oxygen atoms in total. The largest absolute Gasteiger partial charge is 0.308 e. The van der Waals surface area contributed by atoms with Crippen molar-refractivity contribution in [3.8, 4) is 34.4 Å². The van der Waals surface area contributed by atoms with E-state index in [0.29, 0.717) is 34.8 Å². The second kappa shape index (κ2) is 11.3. The lowest BCUT2D eigenvalue weighted by Crippen LogP contribution is -2.03. The molecule has 0 aliphatic rings. The van der Waals surface area contributed by atoms with Crippen LogP contribution in [0.1, 0.15) is 112 Å². The minimum absolute atomic E-state index is 0.329. The van der Waals surface area contributed by atoms with Gasteiger partial charge in [0.1, 0.15) is 0 Å². The molecule has 0 aliphatic carbocycles.